The Bertz CT molecular complexity index is 934. The van der Waals surface area contributed by atoms with Gasteiger partial charge in [0.15, 0.2) is 0 Å². The largest absolute Gasteiger partial charge is 0.321 e. The number of carbonyl (C=O) groups is 1. The molecule has 0 bridgehead atoms. The van der Waals surface area contributed by atoms with Crippen LogP contribution in [0.3, 0.4) is 0 Å². The number of aryl methyl sites for hydroxylation is 4. The van der Waals surface area contributed by atoms with Crippen molar-refractivity contribution < 1.29 is 4.79 Å². The maximum atomic E-state index is 13.1. The van der Waals surface area contributed by atoms with Gasteiger partial charge in [-0.15, -0.1) is 0 Å². The maximum Gasteiger partial charge on any atom is 0.256 e. The zero-order valence-electron chi connectivity index (χ0n) is 14.8. The molecule has 0 aliphatic rings. The lowest BCUT2D eigenvalue weighted by atomic mass is 10.00. The minimum atomic E-state index is -0.0794. The first-order chi connectivity index (χ1) is 11.4. The van der Waals surface area contributed by atoms with Gasteiger partial charge in [-0.3, -0.25) is 9.78 Å². The third-order valence-corrected chi connectivity index (χ3v) is 4.52. The Hall–Kier alpha value is -2.68. The molecule has 3 rings (SSSR count). The van der Waals surface area contributed by atoms with Gasteiger partial charge in [0, 0.05) is 16.8 Å². The normalized spacial score (nSPS) is 10.9. The molecule has 2 aromatic carbocycles. The van der Waals surface area contributed by atoms with Crippen LogP contribution in [0.25, 0.3) is 10.9 Å². The van der Waals surface area contributed by atoms with Crippen LogP contribution in [0, 0.1) is 34.6 Å². The molecule has 0 spiro atoms. The van der Waals surface area contributed by atoms with E-state index in [1.807, 2.05) is 52.0 Å². The number of fused-ring (bicyclic) bond motifs is 1. The van der Waals surface area contributed by atoms with Gasteiger partial charge in [-0.25, -0.2) is 0 Å². The number of hydrogen-bond acceptors (Lipinski definition) is 2. The van der Waals surface area contributed by atoms with Gasteiger partial charge in [-0.2, -0.15) is 0 Å². The second-order valence-corrected chi connectivity index (χ2v) is 6.44. The first-order valence-corrected chi connectivity index (χ1v) is 8.13. The molecule has 0 atom stereocenters. The van der Waals surface area contributed by atoms with Crippen molar-refractivity contribution in [2.24, 2.45) is 0 Å². The second kappa shape index (κ2) is 6.08. The van der Waals surface area contributed by atoms with Crippen molar-refractivity contribution in [1.29, 1.82) is 0 Å². The molecule has 24 heavy (non-hydrogen) atoms. The summed E-state index contributed by atoms with van der Waals surface area (Å²) in [6.07, 6.45) is 0. The number of rotatable bonds is 2. The highest BCUT2D eigenvalue weighted by Gasteiger charge is 2.17. The summed E-state index contributed by atoms with van der Waals surface area (Å²) >= 11 is 0. The number of nitrogens with zero attached hydrogens (tertiary/aromatic N) is 1. The summed E-state index contributed by atoms with van der Waals surface area (Å²) in [7, 11) is 0. The van der Waals surface area contributed by atoms with Crippen molar-refractivity contribution >= 4 is 22.5 Å². The Morgan fingerprint density at radius 2 is 1.58 bits per heavy atom. The third kappa shape index (κ3) is 2.78. The second-order valence-electron chi connectivity index (χ2n) is 6.44. The van der Waals surface area contributed by atoms with E-state index in [1.165, 1.54) is 5.56 Å². The summed E-state index contributed by atoms with van der Waals surface area (Å²) in [5.41, 5.74) is 7.61. The number of pyridine rings is 1. The zero-order chi connectivity index (χ0) is 17.4. The lowest BCUT2D eigenvalue weighted by molar-refractivity contribution is 0.102. The van der Waals surface area contributed by atoms with E-state index < -0.39 is 0 Å². The Kier molecular flexibility index (Phi) is 4.10. The lowest BCUT2D eigenvalue weighted by Crippen LogP contribution is -2.17. The van der Waals surface area contributed by atoms with Gasteiger partial charge < -0.3 is 5.32 Å². The summed E-state index contributed by atoms with van der Waals surface area (Å²) in [6.45, 7) is 10.0. The fourth-order valence-electron chi connectivity index (χ4n) is 3.28. The predicted molar refractivity (Wildman–Crippen MR) is 99.8 cm³/mol. The van der Waals surface area contributed by atoms with E-state index >= 15 is 0 Å². The van der Waals surface area contributed by atoms with Crippen LogP contribution in [0.1, 0.15) is 38.3 Å². The number of anilines is 1. The number of amides is 1. The molecular formula is C21H22N2O. The van der Waals surface area contributed by atoms with E-state index in [1.54, 1.807) is 0 Å². The zero-order valence-corrected chi connectivity index (χ0v) is 14.8. The van der Waals surface area contributed by atoms with Crippen LogP contribution < -0.4 is 5.32 Å². The molecule has 3 heteroatoms. The predicted octanol–water partition coefficient (Wildman–Crippen LogP) is 5.03. The van der Waals surface area contributed by atoms with Gasteiger partial charge in [0.1, 0.15) is 0 Å². The number of aromatic nitrogens is 1. The number of para-hydroxylation sites is 1. The standard InChI is InChI=1S/C21H22N2O/c1-12-10-13(2)20(14(3)11-12)23-21(24)19-15(4)16(5)22-18-9-7-6-8-17(18)19/h6-11H,1-5H3,(H,23,24). The summed E-state index contributed by atoms with van der Waals surface area (Å²) in [4.78, 5) is 17.6. The first-order valence-electron chi connectivity index (χ1n) is 8.13. The van der Waals surface area contributed by atoms with Gasteiger partial charge in [-0.1, -0.05) is 35.9 Å². The highest BCUT2D eigenvalue weighted by atomic mass is 16.1. The van der Waals surface area contributed by atoms with Gasteiger partial charge in [0.25, 0.3) is 5.91 Å². The van der Waals surface area contributed by atoms with Gasteiger partial charge in [0.05, 0.1) is 11.1 Å². The monoisotopic (exact) mass is 318 g/mol. The fraction of sp³-hybridized carbons (Fsp3) is 0.238. The number of carbonyl (C=O) groups excluding carboxylic acids is 1. The van der Waals surface area contributed by atoms with Crippen LogP contribution in [0.2, 0.25) is 0 Å². The summed E-state index contributed by atoms with van der Waals surface area (Å²) in [5.74, 6) is -0.0794. The molecule has 1 amide bonds. The third-order valence-electron chi connectivity index (χ3n) is 4.52. The topological polar surface area (TPSA) is 42.0 Å². The SMILES string of the molecule is Cc1cc(C)c(NC(=O)c2c(C)c(C)nc3ccccc23)c(C)c1. The van der Waals surface area contributed by atoms with Crippen molar-refractivity contribution in [1.82, 2.24) is 4.98 Å². The van der Waals surface area contributed by atoms with E-state index in [0.29, 0.717) is 5.56 Å². The van der Waals surface area contributed by atoms with E-state index in [9.17, 15) is 4.79 Å². The molecule has 3 aromatic rings. The summed E-state index contributed by atoms with van der Waals surface area (Å²) in [5, 5.41) is 4.00. The molecule has 0 aliphatic heterocycles. The maximum absolute atomic E-state index is 13.1. The molecule has 1 aromatic heterocycles. The smallest absolute Gasteiger partial charge is 0.256 e. The summed E-state index contributed by atoms with van der Waals surface area (Å²) in [6, 6.07) is 12.0. The van der Waals surface area contributed by atoms with Crippen molar-refractivity contribution in [2.45, 2.75) is 34.6 Å². The van der Waals surface area contributed by atoms with E-state index in [-0.39, 0.29) is 5.91 Å². The van der Waals surface area contributed by atoms with Crippen LogP contribution >= 0.6 is 0 Å². The van der Waals surface area contributed by atoms with Gasteiger partial charge in [-0.05, 0) is 57.4 Å². The average Bonchev–Trinajstić information content (AvgIpc) is 2.52. The Morgan fingerprint density at radius 3 is 2.25 bits per heavy atom. The highest BCUT2D eigenvalue weighted by molar-refractivity contribution is 6.14. The molecule has 1 N–H and O–H groups in total. The first kappa shape index (κ1) is 16.2. The molecule has 0 saturated heterocycles. The number of hydrogen-bond donors (Lipinski definition) is 1. The van der Waals surface area contributed by atoms with Crippen LogP contribution in [0.5, 0.6) is 0 Å². The Morgan fingerprint density at radius 1 is 0.958 bits per heavy atom. The van der Waals surface area contributed by atoms with E-state index in [4.69, 9.17) is 0 Å². The minimum Gasteiger partial charge on any atom is -0.321 e. The molecular weight excluding hydrogens is 296 g/mol. The Balaban J connectivity index is 2.12. The highest BCUT2D eigenvalue weighted by Crippen LogP contribution is 2.26. The van der Waals surface area contributed by atoms with Crippen LogP contribution in [-0.4, -0.2) is 10.9 Å². The van der Waals surface area contributed by atoms with Crippen molar-refractivity contribution in [2.75, 3.05) is 5.32 Å². The number of nitrogens with one attached hydrogen (secondary N) is 1. The molecule has 0 unspecified atom stereocenters. The average molecular weight is 318 g/mol. The molecule has 1 heterocycles. The van der Waals surface area contributed by atoms with Crippen molar-refractivity contribution in [3.63, 3.8) is 0 Å². The van der Waals surface area contributed by atoms with Crippen LogP contribution in [0.15, 0.2) is 36.4 Å². The molecule has 0 radical (unpaired) electrons. The summed E-state index contributed by atoms with van der Waals surface area (Å²) < 4.78 is 0. The van der Waals surface area contributed by atoms with Gasteiger partial charge >= 0.3 is 0 Å². The molecule has 0 aliphatic carbocycles. The van der Waals surface area contributed by atoms with Crippen LogP contribution in [-0.2, 0) is 0 Å². The van der Waals surface area contributed by atoms with E-state index in [0.717, 1.165) is 39.0 Å². The van der Waals surface area contributed by atoms with Crippen LogP contribution in [0.4, 0.5) is 5.69 Å². The molecule has 122 valence electrons. The fourth-order valence-corrected chi connectivity index (χ4v) is 3.28. The van der Waals surface area contributed by atoms with Gasteiger partial charge in [0.2, 0.25) is 0 Å². The lowest BCUT2D eigenvalue weighted by Gasteiger charge is -2.16. The molecule has 3 nitrogen and oxygen atoms in total. The quantitative estimate of drug-likeness (QED) is 0.720. The van der Waals surface area contributed by atoms with Crippen molar-refractivity contribution in [3.8, 4) is 0 Å². The molecule has 0 saturated carbocycles. The molecule has 0 fully saturated rings. The van der Waals surface area contributed by atoms with E-state index in [2.05, 4.69) is 29.4 Å². The Labute approximate surface area is 142 Å². The minimum absolute atomic E-state index is 0.0794. The number of benzene rings is 2. The van der Waals surface area contributed by atoms with Crippen molar-refractivity contribution in [3.05, 3.63) is 69.9 Å².